The summed E-state index contributed by atoms with van der Waals surface area (Å²) < 4.78 is 14.6. The van der Waals surface area contributed by atoms with E-state index in [0.29, 0.717) is 17.9 Å². The average Bonchev–Trinajstić information content (AvgIpc) is 3.15. The molecule has 7 nitrogen and oxygen atoms in total. The molecule has 0 bridgehead atoms. The largest absolute Gasteiger partial charge is 0.477 e. The normalized spacial score (nSPS) is 25.5. The summed E-state index contributed by atoms with van der Waals surface area (Å²) in [7, 11) is 1.95. The number of fused-ring (bicyclic) bond motifs is 2. The minimum Gasteiger partial charge on any atom is -0.477 e. The lowest BCUT2D eigenvalue weighted by Crippen LogP contribution is -2.33. The first-order valence-electron chi connectivity index (χ1n) is 8.37. The number of nitrogens with one attached hydrogen (secondary N) is 2. The molecule has 0 radical (unpaired) electrons. The molecule has 2 aromatic heterocycles. The van der Waals surface area contributed by atoms with Crippen LogP contribution in [0.1, 0.15) is 23.2 Å². The van der Waals surface area contributed by atoms with Crippen molar-refractivity contribution < 1.29 is 14.3 Å². The molecule has 3 N–H and O–H groups in total. The summed E-state index contributed by atoms with van der Waals surface area (Å²) in [5, 5.41) is 12.3. The average molecular weight is 346 g/mol. The Kier molecular flexibility index (Phi) is 3.72. The van der Waals surface area contributed by atoms with Crippen LogP contribution in [-0.4, -0.2) is 47.2 Å². The van der Waals surface area contributed by atoms with Crippen molar-refractivity contribution in [1.29, 1.82) is 0 Å². The van der Waals surface area contributed by atoms with Gasteiger partial charge in [-0.05, 0) is 37.8 Å². The number of H-pyrrole nitrogens is 1. The van der Waals surface area contributed by atoms with Gasteiger partial charge >= 0.3 is 5.97 Å². The molecule has 3 heterocycles. The monoisotopic (exact) mass is 346 g/mol. The van der Waals surface area contributed by atoms with Crippen molar-refractivity contribution in [2.24, 2.45) is 11.8 Å². The highest BCUT2D eigenvalue weighted by Gasteiger charge is 2.42. The van der Waals surface area contributed by atoms with Crippen LogP contribution in [0.2, 0.25) is 0 Å². The van der Waals surface area contributed by atoms with Gasteiger partial charge in [-0.15, -0.1) is 0 Å². The molecule has 2 fully saturated rings. The number of pyridine rings is 2. The fraction of sp³-hybridized carbons (Fsp3) is 0.471. The van der Waals surface area contributed by atoms with Gasteiger partial charge in [0, 0.05) is 25.3 Å². The van der Waals surface area contributed by atoms with Gasteiger partial charge < -0.3 is 20.3 Å². The van der Waals surface area contributed by atoms with E-state index in [1.807, 2.05) is 11.9 Å². The topological polar surface area (TPSA) is 98.3 Å². The van der Waals surface area contributed by atoms with Gasteiger partial charge in [-0.25, -0.2) is 14.2 Å². The Morgan fingerprint density at radius 3 is 2.96 bits per heavy atom. The number of rotatable bonds is 3. The van der Waals surface area contributed by atoms with Crippen molar-refractivity contribution in [3.63, 3.8) is 0 Å². The zero-order valence-electron chi connectivity index (χ0n) is 13.8. The molecule has 1 aliphatic heterocycles. The van der Waals surface area contributed by atoms with E-state index < -0.39 is 22.8 Å². The molecule has 1 saturated heterocycles. The first kappa shape index (κ1) is 16.0. The fourth-order valence-corrected chi connectivity index (χ4v) is 4.29. The van der Waals surface area contributed by atoms with Crippen LogP contribution < -0.4 is 15.6 Å². The van der Waals surface area contributed by atoms with E-state index in [1.54, 1.807) is 0 Å². The molecule has 8 heteroatoms. The number of anilines is 1. The third-order valence-electron chi connectivity index (χ3n) is 5.56. The molecule has 2 aliphatic rings. The maximum atomic E-state index is 14.6. The number of aromatic amines is 1. The molecule has 0 amide bonds. The number of hydrogen-bond acceptors (Lipinski definition) is 5. The van der Waals surface area contributed by atoms with Crippen molar-refractivity contribution >= 4 is 22.8 Å². The number of nitrogens with zero attached hydrogens (tertiary/aromatic N) is 2. The number of carboxylic acids is 1. The van der Waals surface area contributed by atoms with Crippen LogP contribution in [0.15, 0.2) is 17.1 Å². The van der Waals surface area contributed by atoms with E-state index in [1.165, 1.54) is 0 Å². The molecule has 4 rings (SSSR count). The predicted molar refractivity (Wildman–Crippen MR) is 90.6 cm³/mol. The zero-order valence-corrected chi connectivity index (χ0v) is 13.8. The van der Waals surface area contributed by atoms with Gasteiger partial charge in [0.15, 0.2) is 11.6 Å². The van der Waals surface area contributed by atoms with Gasteiger partial charge in [0.25, 0.3) is 0 Å². The summed E-state index contributed by atoms with van der Waals surface area (Å²) >= 11 is 0. The standard InChI is InChI=1S/C17H19FN4O3/c1-19-13-3-2-8-6-22(7-11(8)13)16-12(18)4-9-14(23)10(17(24)25)5-20-15(9)21-16/h4-5,8,11,13,19H,2-3,6-7H2,1H3,(H,24,25)(H,20,21,23). The molecule has 1 aliphatic carbocycles. The lowest BCUT2D eigenvalue weighted by molar-refractivity contribution is 0.0695. The number of carboxylic acid groups (broad SMARTS) is 1. The number of halogens is 1. The first-order chi connectivity index (χ1) is 12.0. The smallest absolute Gasteiger partial charge is 0.341 e. The van der Waals surface area contributed by atoms with Crippen molar-refractivity contribution in [3.8, 4) is 0 Å². The molecular weight excluding hydrogens is 327 g/mol. The van der Waals surface area contributed by atoms with Crippen LogP contribution in [0.25, 0.3) is 11.0 Å². The highest BCUT2D eigenvalue weighted by molar-refractivity contribution is 5.91. The lowest BCUT2D eigenvalue weighted by atomic mass is 9.98. The van der Waals surface area contributed by atoms with E-state index in [2.05, 4.69) is 15.3 Å². The Bertz CT molecular complexity index is 913. The van der Waals surface area contributed by atoms with Crippen LogP contribution >= 0.6 is 0 Å². The third-order valence-corrected chi connectivity index (χ3v) is 5.56. The highest BCUT2D eigenvalue weighted by atomic mass is 19.1. The van der Waals surface area contributed by atoms with Crippen LogP contribution in [-0.2, 0) is 0 Å². The number of aromatic carboxylic acids is 1. The third kappa shape index (κ3) is 2.48. The maximum Gasteiger partial charge on any atom is 0.341 e. The Labute approximate surface area is 142 Å². The quantitative estimate of drug-likeness (QED) is 0.772. The molecule has 2 aromatic rings. The van der Waals surface area contributed by atoms with Gasteiger partial charge in [0.2, 0.25) is 5.43 Å². The molecule has 3 unspecified atom stereocenters. The van der Waals surface area contributed by atoms with Crippen molar-refractivity contribution in [2.45, 2.75) is 18.9 Å². The zero-order chi connectivity index (χ0) is 17.7. The molecule has 3 atom stereocenters. The summed E-state index contributed by atoms with van der Waals surface area (Å²) in [5.74, 6) is -0.742. The van der Waals surface area contributed by atoms with Crippen LogP contribution in [0.3, 0.4) is 0 Å². The summed E-state index contributed by atoms with van der Waals surface area (Å²) in [4.78, 5) is 32.1. The van der Waals surface area contributed by atoms with E-state index >= 15 is 0 Å². The summed E-state index contributed by atoms with van der Waals surface area (Å²) in [6.45, 7) is 1.47. The van der Waals surface area contributed by atoms with Gasteiger partial charge in [-0.1, -0.05) is 0 Å². The van der Waals surface area contributed by atoms with Gasteiger partial charge in [-0.3, -0.25) is 4.79 Å². The Balaban J connectivity index is 1.72. The van der Waals surface area contributed by atoms with Gasteiger partial charge in [-0.2, -0.15) is 0 Å². The van der Waals surface area contributed by atoms with E-state index in [9.17, 15) is 14.0 Å². The van der Waals surface area contributed by atoms with E-state index in [-0.39, 0.29) is 16.9 Å². The van der Waals surface area contributed by atoms with Crippen molar-refractivity contribution in [3.05, 3.63) is 33.9 Å². The second kappa shape index (κ2) is 5.80. The minimum atomic E-state index is -1.35. The molecule has 1 saturated carbocycles. The maximum absolute atomic E-state index is 14.6. The highest BCUT2D eigenvalue weighted by Crippen LogP contribution is 2.40. The Hall–Kier alpha value is -2.48. The Morgan fingerprint density at radius 1 is 1.44 bits per heavy atom. The van der Waals surface area contributed by atoms with Crippen molar-refractivity contribution in [1.82, 2.24) is 15.3 Å². The number of hydrogen-bond donors (Lipinski definition) is 3. The predicted octanol–water partition coefficient (Wildman–Crippen LogP) is 1.19. The molecule has 132 valence electrons. The molecule has 0 aromatic carbocycles. The number of carbonyl (C=O) groups is 1. The number of aromatic nitrogens is 2. The van der Waals surface area contributed by atoms with E-state index in [0.717, 1.165) is 38.2 Å². The van der Waals surface area contributed by atoms with Gasteiger partial charge in [0.1, 0.15) is 11.2 Å². The molecule has 0 spiro atoms. The lowest BCUT2D eigenvalue weighted by Gasteiger charge is -2.21. The Morgan fingerprint density at radius 2 is 2.24 bits per heavy atom. The van der Waals surface area contributed by atoms with E-state index in [4.69, 9.17) is 5.11 Å². The summed E-state index contributed by atoms with van der Waals surface area (Å²) in [5.41, 5.74) is -0.949. The van der Waals surface area contributed by atoms with Crippen LogP contribution in [0, 0.1) is 17.7 Å². The van der Waals surface area contributed by atoms with Crippen molar-refractivity contribution in [2.75, 3.05) is 25.0 Å². The SMILES string of the molecule is CNC1CCC2CN(c3nc4[nH]cc(C(=O)O)c(=O)c4cc3F)CC21. The minimum absolute atomic E-state index is 0.0476. The second-order valence-electron chi connectivity index (χ2n) is 6.83. The van der Waals surface area contributed by atoms with Crippen LogP contribution in [0.4, 0.5) is 10.2 Å². The summed E-state index contributed by atoms with van der Waals surface area (Å²) in [6.07, 6.45) is 3.36. The second-order valence-corrected chi connectivity index (χ2v) is 6.83. The van der Waals surface area contributed by atoms with Gasteiger partial charge in [0.05, 0.1) is 5.39 Å². The van der Waals surface area contributed by atoms with Crippen LogP contribution in [0.5, 0.6) is 0 Å². The molecule has 25 heavy (non-hydrogen) atoms. The summed E-state index contributed by atoms with van der Waals surface area (Å²) in [6, 6.07) is 1.53. The molecular formula is C17H19FN4O3. The fourth-order valence-electron chi connectivity index (χ4n) is 4.29. The first-order valence-corrected chi connectivity index (χ1v) is 8.37.